The van der Waals surface area contributed by atoms with Crippen molar-refractivity contribution in [2.24, 2.45) is 10.2 Å². The summed E-state index contributed by atoms with van der Waals surface area (Å²) in [6.07, 6.45) is 0.927. The summed E-state index contributed by atoms with van der Waals surface area (Å²) in [6, 6.07) is 12.0. The number of methoxy groups -OCH3 is 1. The minimum Gasteiger partial charge on any atom is -0.496 e. The summed E-state index contributed by atoms with van der Waals surface area (Å²) < 4.78 is 17.4. The normalized spacial score (nSPS) is 15.8. The molecule has 0 bridgehead atoms. The van der Waals surface area contributed by atoms with E-state index >= 15 is 0 Å². The van der Waals surface area contributed by atoms with Crippen LogP contribution in [0.3, 0.4) is 0 Å². The third kappa shape index (κ3) is 3.75. The maximum absolute atomic E-state index is 5.88. The first kappa shape index (κ1) is 19.9. The molecule has 0 saturated carbocycles. The van der Waals surface area contributed by atoms with Crippen LogP contribution in [0.2, 0.25) is 0 Å². The topological polar surface area (TPSA) is 52.4 Å². The van der Waals surface area contributed by atoms with Crippen molar-refractivity contribution in [1.29, 1.82) is 0 Å². The highest BCUT2D eigenvalue weighted by Crippen LogP contribution is 2.39. The summed E-state index contributed by atoms with van der Waals surface area (Å²) in [5.74, 6) is 2.42. The van der Waals surface area contributed by atoms with E-state index in [2.05, 4.69) is 23.2 Å². The van der Waals surface area contributed by atoms with E-state index in [-0.39, 0.29) is 5.92 Å². The van der Waals surface area contributed by atoms with Gasteiger partial charge in [0.15, 0.2) is 11.5 Å². The van der Waals surface area contributed by atoms with Gasteiger partial charge in [-0.25, -0.2) is 0 Å². The number of hydrogen-bond acceptors (Lipinski definition) is 5. The van der Waals surface area contributed by atoms with Crippen LogP contribution in [-0.4, -0.2) is 31.7 Å². The van der Waals surface area contributed by atoms with Gasteiger partial charge in [0.2, 0.25) is 0 Å². The zero-order valence-corrected chi connectivity index (χ0v) is 17.3. The van der Waals surface area contributed by atoms with E-state index in [1.54, 1.807) is 7.11 Å². The van der Waals surface area contributed by atoms with E-state index in [0.29, 0.717) is 13.2 Å². The van der Waals surface area contributed by atoms with E-state index in [1.807, 2.05) is 51.1 Å². The number of benzene rings is 2. The van der Waals surface area contributed by atoms with Crippen LogP contribution in [0.1, 0.15) is 56.7 Å². The second-order valence-corrected chi connectivity index (χ2v) is 6.60. The highest BCUT2D eigenvalue weighted by atomic mass is 16.5. The van der Waals surface area contributed by atoms with Crippen LogP contribution in [-0.2, 0) is 0 Å². The van der Waals surface area contributed by atoms with E-state index < -0.39 is 0 Å². The van der Waals surface area contributed by atoms with Gasteiger partial charge in [-0.2, -0.15) is 5.10 Å². The largest absolute Gasteiger partial charge is 0.496 e. The Balaban J connectivity index is 2.28. The van der Waals surface area contributed by atoms with Gasteiger partial charge in [0.25, 0.3) is 0 Å². The number of fused-ring (bicyclic) bond motifs is 1. The van der Waals surface area contributed by atoms with Gasteiger partial charge >= 0.3 is 0 Å². The summed E-state index contributed by atoms with van der Waals surface area (Å²) in [4.78, 5) is 0. The van der Waals surface area contributed by atoms with Crippen molar-refractivity contribution < 1.29 is 14.2 Å². The lowest BCUT2D eigenvalue weighted by molar-refractivity contribution is 0.287. The van der Waals surface area contributed by atoms with Crippen LogP contribution in [0.5, 0.6) is 17.2 Å². The van der Waals surface area contributed by atoms with Crippen molar-refractivity contribution >= 4 is 11.4 Å². The first-order chi connectivity index (χ1) is 13.6. The van der Waals surface area contributed by atoms with Crippen molar-refractivity contribution in [2.45, 2.75) is 40.0 Å². The highest BCUT2D eigenvalue weighted by molar-refractivity contribution is 6.17. The van der Waals surface area contributed by atoms with E-state index in [0.717, 1.165) is 51.8 Å². The average molecular weight is 380 g/mol. The lowest BCUT2D eigenvalue weighted by Gasteiger charge is -2.21. The molecule has 0 radical (unpaired) electrons. The number of hydrogen-bond donors (Lipinski definition) is 0. The van der Waals surface area contributed by atoms with Crippen LogP contribution < -0.4 is 14.2 Å². The summed E-state index contributed by atoms with van der Waals surface area (Å²) in [7, 11) is 1.67. The van der Waals surface area contributed by atoms with E-state index in [9.17, 15) is 0 Å². The smallest absolute Gasteiger partial charge is 0.161 e. The summed E-state index contributed by atoms with van der Waals surface area (Å²) in [5, 5.41) is 9.17. The number of ether oxygens (including phenoxy) is 3. The molecule has 0 fully saturated rings. The molecule has 0 N–H and O–H groups in total. The van der Waals surface area contributed by atoms with Crippen LogP contribution in [0.4, 0.5) is 0 Å². The molecule has 3 rings (SSSR count). The van der Waals surface area contributed by atoms with Crippen molar-refractivity contribution in [3.63, 3.8) is 0 Å². The Morgan fingerprint density at radius 2 is 1.54 bits per heavy atom. The summed E-state index contributed by atoms with van der Waals surface area (Å²) >= 11 is 0. The second kappa shape index (κ2) is 8.91. The molecule has 2 aromatic carbocycles. The third-order valence-corrected chi connectivity index (χ3v) is 4.93. The molecular weight excluding hydrogens is 352 g/mol. The van der Waals surface area contributed by atoms with Crippen molar-refractivity contribution in [3.05, 3.63) is 53.1 Å². The molecule has 1 aliphatic rings. The quantitative estimate of drug-likeness (QED) is 0.662. The predicted molar refractivity (Wildman–Crippen MR) is 114 cm³/mol. The Morgan fingerprint density at radius 1 is 0.857 bits per heavy atom. The number of nitrogens with zero attached hydrogens (tertiary/aromatic N) is 2. The fourth-order valence-corrected chi connectivity index (χ4v) is 3.64. The number of rotatable bonds is 7. The highest BCUT2D eigenvalue weighted by Gasteiger charge is 2.27. The monoisotopic (exact) mass is 380 g/mol. The Morgan fingerprint density at radius 3 is 2.18 bits per heavy atom. The lowest BCUT2D eigenvalue weighted by atomic mass is 9.85. The fraction of sp³-hybridized carbons (Fsp3) is 0.391. The SMILES string of the molecule is CCOc1cc2c(cc1OCC)[C@@H](CC)C(C)=NN=C2c1ccccc1OC. The minimum absolute atomic E-state index is 0.167. The Hall–Kier alpha value is -2.82. The number of para-hydroxylation sites is 1. The van der Waals surface area contributed by atoms with Gasteiger partial charge in [-0.05, 0) is 57.0 Å². The maximum Gasteiger partial charge on any atom is 0.161 e. The van der Waals surface area contributed by atoms with Crippen LogP contribution >= 0.6 is 0 Å². The molecule has 148 valence electrons. The molecule has 1 aliphatic heterocycles. The Kier molecular flexibility index (Phi) is 6.34. The third-order valence-electron chi connectivity index (χ3n) is 4.93. The van der Waals surface area contributed by atoms with Crippen LogP contribution in [0, 0.1) is 0 Å². The molecule has 5 nitrogen and oxygen atoms in total. The van der Waals surface area contributed by atoms with Gasteiger partial charge in [0, 0.05) is 22.8 Å². The fourth-order valence-electron chi connectivity index (χ4n) is 3.64. The van der Waals surface area contributed by atoms with E-state index in [4.69, 9.17) is 14.2 Å². The Labute approximate surface area is 167 Å². The molecule has 0 aromatic heterocycles. The van der Waals surface area contributed by atoms with Crippen molar-refractivity contribution in [1.82, 2.24) is 0 Å². The van der Waals surface area contributed by atoms with Gasteiger partial charge in [0.05, 0.1) is 20.3 Å². The Bertz CT molecular complexity index is 903. The van der Waals surface area contributed by atoms with Gasteiger partial charge in [-0.15, -0.1) is 5.10 Å². The van der Waals surface area contributed by atoms with Crippen molar-refractivity contribution in [3.8, 4) is 17.2 Å². The van der Waals surface area contributed by atoms with Crippen LogP contribution in [0.15, 0.2) is 46.6 Å². The molecule has 0 aliphatic carbocycles. The molecule has 1 atom stereocenters. The first-order valence-electron chi connectivity index (χ1n) is 9.83. The summed E-state index contributed by atoms with van der Waals surface area (Å²) in [5.41, 5.74) is 4.83. The molecule has 5 heteroatoms. The van der Waals surface area contributed by atoms with Gasteiger partial charge < -0.3 is 14.2 Å². The zero-order chi connectivity index (χ0) is 20.1. The molecule has 0 spiro atoms. The van der Waals surface area contributed by atoms with Gasteiger partial charge in [-0.1, -0.05) is 19.1 Å². The predicted octanol–water partition coefficient (Wildman–Crippen LogP) is 5.21. The van der Waals surface area contributed by atoms with Crippen molar-refractivity contribution in [2.75, 3.05) is 20.3 Å². The van der Waals surface area contributed by atoms with Gasteiger partial charge in [0.1, 0.15) is 11.5 Å². The molecule has 0 unspecified atom stereocenters. The standard InChI is InChI=1S/C23H28N2O3/c1-6-16-15(4)24-25-23(17-11-9-10-12-20(17)26-5)19-14-22(28-8-3)21(27-7-2)13-18(16)19/h9-14,16H,6-8H2,1-5H3/t16-/m0/s1. The van der Waals surface area contributed by atoms with E-state index in [1.165, 1.54) is 0 Å². The zero-order valence-electron chi connectivity index (χ0n) is 17.3. The minimum atomic E-state index is 0.167. The molecule has 0 saturated heterocycles. The lowest BCUT2D eigenvalue weighted by Crippen LogP contribution is -2.14. The summed E-state index contributed by atoms with van der Waals surface area (Å²) in [6.45, 7) is 9.29. The molecular formula is C23H28N2O3. The first-order valence-corrected chi connectivity index (χ1v) is 9.83. The molecule has 28 heavy (non-hydrogen) atoms. The molecule has 1 heterocycles. The second-order valence-electron chi connectivity index (χ2n) is 6.60. The molecule has 0 amide bonds. The maximum atomic E-state index is 5.88. The van der Waals surface area contributed by atoms with Gasteiger partial charge in [-0.3, -0.25) is 0 Å². The molecule has 2 aromatic rings. The van der Waals surface area contributed by atoms with Crippen LogP contribution in [0.25, 0.3) is 0 Å². The average Bonchev–Trinajstić information content (AvgIpc) is 2.84.